The van der Waals surface area contributed by atoms with Crippen molar-refractivity contribution in [2.75, 3.05) is 0 Å². The predicted octanol–water partition coefficient (Wildman–Crippen LogP) is 3.53. The van der Waals surface area contributed by atoms with Crippen molar-refractivity contribution in [3.63, 3.8) is 0 Å². The number of carboxylic acids is 1. The average molecular weight is 306 g/mol. The quantitative estimate of drug-likeness (QED) is 0.691. The summed E-state index contributed by atoms with van der Waals surface area (Å²) in [5.74, 6) is -1.31. The first-order valence-electron chi connectivity index (χ1n) is 6.35. The summed E-state index contributed by atoms with van der Waals surface area (Å²) < 4.78 is 13.8. The normalized spacial score (nSPS) is 10.7. The number of hydrogen-bond acceptors (Lipinski definition) is 4. The molecule has 0 saturated carbocycles. The second-order valence-electron chi connectivity index (χ2n) is 4.70. The van der Waals surface area contributed by atoms with Crippen LogP contribution in [-0.4, -0.2) is 21.0 Å². The third-order valence-corrected chi connectivity index (χ3v) is 4.17. The summed E-state index contributed by atoms with van der Waals surface area (Å²) in [6.45, 7) is 5.79. The molecule has 0 fully saturated rings. The van der Waals surface area contributed by atoms with E-state index in [0.717, 1.165) is 23.0 Å². The molecule has 2 rings (SSSR count). The van der Waals surface area contributed by atoms with Gasteiger partial charge in [0.15, 0.2) is 5.16 Å². The summed E-state index contributed by atoms with van der Waals surface area (Å²) in [6, 6.07) is 3.91. The van der Waals surface area contributed by atoms with Gasteiger partial charge in [-0.05, 0) is 44.0 Å². The molecule has 21 heavy (non-hydrogen) atoms. The van der Waals surface area contributed by atoms with Gasteiger partial charge in [-0.25, -0.2) is 19.2 Å². The Balaban J connectivity index is 2.15. The number of rotatable bonds is 4. The van der Waals surface area contributed by atoms with E-state index in [4.69, 9.17) is 5.11 Å². The Hall–Kier alpha value is -1.95. The van der Waals surface area contributed by atoms with Gasteiger partial charge in [-0.2, -0.15) is 0 Å². The van der Waals surface area contributed by atoms with E-state index in [-0.39, 0.29) is 5.56 Å². The van der Waals surface area contributed by atoms with Crippen LogP contribution in [0.2, 0.25) is 0 Å². The fourth-order valence-corrected chi connectivity index (χ4v) is 2.67. The standard InChI is InChI=1S/C15H15FN2O2S/c1-8-9(2)17-15(18-10(8)3)21-7-12-5-4-11(14(19)20)6-13(12)16/h4-6H,7H2,1-3H3,(H,19,20). The Morgan fingerprint density at radius 3 is 2.38 bits per heavy atom. The predicted molar refractivity (Wildman–Crippen MR) is 79.2 cm³/mol. The van der Waals surface area contributed by atoms with Crippen LogP contribution in [0.1, 0.15) is 32.9 Å². The highest BCUT2D eigenvalue weighted by Gasteiger charge is 2.10. The highest BCUT2D eigenvalue weighted by molar-refractivity contribution is 7.98. The lowest BCUT2D eigenvalue weighted by Gasteiger charge is -2.07. The second-order valence-corrected chi connectivity index (χ2v) is 5.64. The van der Waals surface area contributed by atoms with Crippen LogP contribution in [0.4, 0.5) is 4.39 Å². The lowest BCUT2D eigenvalue weighted by Crippen LogP contribution is -2.00. The van der Waals surface area contributed by atoms with Crippen molar-refractivity contribution < 1.29 is 14.3 Å². The fraction of sp³-hybridized carbons (Fsp3) is 0.267. The third-order valence-electron chi connectivity index (χ3n) is 3.27. The maximum absolute atomic E-state index is 13.8. The molecule has 1 aromatic heterocycles. The fourth-order valence-electron chi connectivity index (χ4n) is 1.75. The van der Waals surface area contributed by atoms with Gasteiger partial charge in [0.1, 0.15) is 5.82 Å². The van der Waals surface area contributed by atoms with E-state index in [1.807, 2.05) is 20.8 Å². The van der Waals surface area contributed by atoms with Gasteiger partial charge in [-0.3, -0.25) is 0 Å². The van der Waals surface area contributed by atoms with Gasteiger partial charge in [0.2, 0.25) is 0 Å². The highest BCUT2D eigenvalue weighted by atomic mass is 32.2. The van der Waals surface area contributed by atoms with E-state index in [9.17, 15) is 9.18 Å². The van der Waals surface area contributed by atoms with E-state index in [1.165, 1.54) is 23.9 Å². The van der Waals surface area contributed by atoms with Crippen LogP contribution < -0.4 is 0 Å². The monoisotopic (exact) mass is 306 g/mol. The number of aromatic carboxylic acids is 1. The summed E-state index contributed by atoms with van der Waals surface area (Å²) in [5, 5.41) is 9.40. The smallest absolute Gasteiger partial charge is 0.335 e. The number of carbonyl (C=O) groups is 1. The minimum absolute atomic E-state index is 0.0560. The van der Waals surface area contributed by atoms with Crippen LogP contribution in [0.25, 0.3) is 0 Å². The molecule has 0 aliphatic carbocycles. The molecule has 0 aliphatic heterocycles. The lowest BCUT2D eigenvalue weighted by atomic mass is 10.1. The minimum Gasteiger partial charge on any atom is -0.478 e. The van der Waals surface area contributed by atoms with E-state index < -0.39 is 11.8 Å². The zero-order valence-corrected chi connectivity index (χ0v) is 12.8. The van der Waals surface area contributed by atoms with Gasteiger partial charge in [0.05, 0.1) is 5.56 Å². The Labute approximate surface area is 126 Å². The summed E-state index contributed by atoms with van der Waals surface area (Å²) in [6.07, 6.45) is 0. The molecule has 0 aliphatic rings. The summed E-state index contributed by atoms with van der Waals surface area (Å²) >= 11 is 1.33. The number of thioether (sulfide) groups is 1. The first-order chi connectivity index (χ1) is 9.88. The number of aryl methyl sites for hydroxylation is 2. The molecule has 0 saturated heterocycles. The molecule has 0 spiro atoms. The zero-order chi connectivity index (χ0) is 15.6. The minimum atomic E-state index is -1.14. The Morgan fingerprint density at radius 2 is 1.86 bits per heavy atom. The number of benzene rings is 1. The van der Waals surface area contributed by atoms with Crippen molar-refractivity contribution >= 4 is 17.7 Å². The molecule has 1 heterocycles. The van der Waals surface area contributed by atoms with Gasteiger partial charge >= 0.3 is 5.97 Å². The molecule has 0 bridgehead atoms. The number of halogens is 1. The Kier molecular flexibility index (Phi) is 4.57. The molecule has 1 aromatic carbocycles. The first-order valence-corrected chi connectivity index (χ1v) is 7.33. The van der Waals surface area contributed by atoms with Gasteiger partial charge < -0.3 is 5.11 Å². The Bertz CT molecular complexity index is 681. The molecular formula is C15H15FN2O2S. The van der Waals surface area contributed by atoms with Gasteiger partial charge in [0, 0.05) is 17.1 Å². The van der Waals surface area contributed by atoms with Crippen LogP contribution in [0.5, 0.6) is 0 Å². The summed E-state index contributed by atoms with van der Waals surface area (Å²) in [7, 11) is 0. The van der Waals surface area contributed by atoms with Crippen molar-refractivity contribution in [2.45, 2.75) is 31.7 Å². The average Bonchev–Trinajstić information content (AvgIpc) is 2.43. The third kappa shape index (κ3) is 3.58. The van der Waals surface area contributed by atoms with Gasteiger partial charge in [0.25, 0.3) is 0 Å². The van der Waals surface area contributed by atoms with Crippen molar-refractivity contribution in [3.8, 4) is 0 Å². The number of nitrogens with zero attached hydrogens (tertiary/aromatic N) is 2. The van der Waals surface area contributed by atoms with Crippen molar-refractivity contribution in [1.82, 2.24) is 9.97 Å². The molecule has 0 unspecified atom stereocenters. The molecule has 110 valence electrons. The second kappa shape index (κ2) is 6.22. The van der Waals surface area contributed by atoms with Crippen LogP contribution in [0.15, 0.2) is 23.4 Å². The molecule has 2 aromatic rings. The molecule has 0 radical (unpaired) electrons. The topological polar surface area (TPSA) is 63.1 Å². The SMILES string of the molecule is Cc1nc(SCc2ccc(C(=O)O)cc2F)nc(C)c1C. The van der Waals surface area contributed by atoms with E-state index >= 15 is 0 Å². The van der Waals surface area contributed by atoms with Crippen LogP contribution in [0, 0.1) is 26.6 Å². The van der Waals surface area contributed by atoms with Crippen molar-refractivity contribution in [2.24, 2.45) is 0 Å². The van der Waals surface area contributed by atoms with Crippen LogP contribution in [-0.2, 0) is 5.75 Å². The van der Waals surface area contributed by atoms with E-state index in [1.54, 1.807) is 0 Å². The number of carboxylic acid groups (broad SMARTS) is 1. The highest BCUT2D eigenvalue weighted by Crippen LogP contribution is 2.23. The van der Waals surface area contributed by atoms with Gasteiger partial charge in [-0.1, -0.05) is 17.8 Å². The molecule has 0 amide bonds. The number of hydrogen-bond donors (Lipinski definition) is 1. The van der Waals surface area contributed by atoms with Gasteiger partial charge in [-0.15, -0.1) is 0 Å². The maximum atomic E-state index is 13.8. The lowest BCUT2D eigenvalue weighted by molar-refractivity contribution is 0.0696. The molecule has 4 nitrogen and oxygen atoms in total. The van der Waals surface area contributed by atoms with E-state index in [0.29, 0.717) is 16.5 Å². The van der Waals surface area contributed by atoms with Crippen molar-refractivity contribution in [1.29, 1.82) is 0 Å². The Morgan fingerprint density at radius 1 is 1.24 bits per heavy atom. The first kappa shape index (κ1) is 15.4. The summed E-state index contributed by atoms with van der Waals surface area (Å²) in [5.41, 5.74) is 3.25. The number of aromatic nitrogens is 2. The molecule has 1 N–H and O–H groups in total. The van der Waals surface area contributed by atoms with Crippen LogP contribution >= 0.6 is 11.8 Å². The molecular weight excluding hydrogens is 291 g/mol. The van der Waals surface area contributed by atoms with Crippen molar-refractivity contribution in [3.05, 3.63) is 52.1 Å². The molecule has 6 heteroatoms. The summed E-state index contributed by atoms with van der Waals surface area (Å²) in [4.78, 5) is 19.5. The largest absolute Gasteiger partial charge is 0.478 e. The van der Waals surface area contributed by atoms with E-state index in [2.05, 4.69) is 9.97 Å². The molecule has 0 atom stereocenters. The maximum Gasteiger partial charge on any atom is 0.335 e. The zero-order valence-electron chi connectivity index (χ0n) is 12.0. The van der Waals surface area contributed by atoms with Crippen LogP contribution in [0.3, 0.4) is 0 Å².